The monoisotopic (exact) mass is 678 g/mol. The van der Waals surface area contributed by atoms with E-state index in [1.54, 1.807) is 6.20 Å². The van der Waals surface area contributed by atoms with Crippen LogP contribution in [0.1, 0.15) is 0 Å². The van der Waals surface area contributed by atoms with E-state index >= 15 is 0 Å². The predicted octanol–water partition coefficient (Wildman–Crippen LogP) is 12.3. The van der Waals surface area contributed by atoms with E-state index in [0.717, 1.165) is 94.3 Å². The molecule has 0 aliphatic rings. The smallest absolute Gasteiger partial charge is 0.160 e. The third kappa shape index (κ3) is 5.71. The van der Waals surface area contributed by atoms with Gasteiger partial charge in [-0.15, -0.1) is 0 Å². The molecule has 0 aliphatic carbocycles. The Labute approximate surface area is 305 Å². The van der Waals surface area contributed by atoms with E-state index in [1.165, 1.54) is 0 Å². The van der Waals surface area contributed by atoms with Crippen LogP contribution in [0, 0.1) is 0 Å². The number of hydrogen-bond donors (Lipinski definition) is 0. The minimum absolute atomic E-state index is 0.657. The van der Waals surface area contributed by atoms with Crippen LogP contribution < -0.4 is 0 Å². The fraction of sp³-hybridized carbons (Fsp3) is 0. The zero-order valence-electron chi connectivity index (χ0n) is 28.5. The molecule has 5 nitrogen and oxygen atoms in total. The third-order valence-electron chi connectivity index (χ3n) is 9.83. The highest BCUT2D eigenvalue weighted by atomic mass is 16.3. The van der Waals surface area contributed by atoms with Crippen LogP contribution in [0.5, 0.6) is 0 Å². The van der Waals surface area contributed by atoms with Gasteiger partial charge in [0, 0.05) is 51.4 Å². The molecule has 0 atom stereocenters. The minimum atomic E-state index is 0.657. The maximum Gasteiger partial charge on any atom is 0.160 e. The molecule has 6 aromatic carbocycles. The van der Waals surface area contributed by atoms with Crippen LogP contribution in [0.25, 0.3) is 100 Å². The van der Waals surface area contributed by atoms with Gasteiger partial charge in [0.1, 0.15) is 11.2 Å². The van der Waals surface area contributed by atoms with Crippen molar-refractivity contribution >= 4 is 32.8 Å². The highest BCUT2D eigenvalue weighted by molar-refractivity contribution is 6.06. The van der Waals surface area contributed by atoms with Crippen LogP contribution in [0.2, 0.25) is 0 Å². The Hall–Kier alpha value is -7.24. The summed E-state index contributed by atoms with van der Waals surface area (Å²) in [5.74, 6) is 0.657. The van der Waals surface area contributed by atoms with E-state index in [4.69, 9.17) is 14.4 Å². The molecule has 0 fully saturated rings. The van der Waals surface area contributed by atoms with Gasteiger partial charge < -0.3 is 4.42 Å². The van der Waals surface area contributed by atoms with Crippen LogP contribution in [0.4, 0.5) is 0 Å². The fourth-order valence-corrected chi connectivity index (χ4v) is 7.19. The molecule has 10 rings (SSSR count). The summed E-state index contributed by atoms with van der Waals surface area (Å²) < 4.78 is 6.29. The van der Waals surface area contributed by atoms with E-state index in [0.29, 0.717) is 5.82 Å². The van der Waals surface area contributed by atoms with Gasteiger partial charge in [-0.3, -0.25) is 9.97 Å². The molecule has 10 aromatic rings. The van der Waals surface area contributed by atoms with E-state index < -0.39 is 0 Å². The van der Waals surface area contributed by atoms with Gasteiger partial charge in [-0.2, -0.15) is 0 Å². The van der Waals surface area contributed by atoms with Crippen molar-refractivity contribution in [3.63, 3.8) is 0 Å². The lowest BCUT2D eigenvalue weighted by Crippen LogP contribution is -1.96. The maximum atomic E-state index is 6.29. The summed E-state index contributed by atoms with van der Waals surface area (Å²) in [5, 5.41) is 3.28. The Kier molecular flexibility index (Phi) is 7.40. The SMILES string of the molecule is c1ccc(-c2nc(-c3cc(-c4ccc(-c5cccnc5)cc4)cc(-c4cccc5ncccc45)c3)cc(-c3ccc4c(c3)oc3ccccc34)n2)cc1. The lowest BCUT2D eigenvalue weighted by atomic mass is 9.92. The molecule has 4 aromatic heterocycles. The van der Waals surface area contributed by atoms with E-state index in [2.05, 4.69) is 125 Å². The molecule has 0 saturated carbocycles. The summed E-state index contributed by atoms with van der Waals surface area (Å²) in [6.07, 6.45) is 5.53. The van der Waals surface area contributed by atoms with Crippen molar-refractivity contribution in [1.29, 1.82) is 0 Å². The molecule has 0 N–H and O–H groups in total. The highest BCUT2D eigenvalue weighted by Gasteiger charge is 2.16. The summed E-state index contributed by atoms with van der Waals surface area (Å²) >= 11 is 0. The molecule has 0 spiro atoms. The summed E-state index contributed by atoms with van der Waals surface area (Å²) in [7, 11) is 0. The van der Waals surface area contributed by atoms with Gasteiger partial charge in [0.05, 0.1) is 16.9 Å². The molecule has 0 amide bonds. The molecular formula is C48H30N4O. The first-order valence-corrected chi connectivity index (χ1v) is 17.6. The van der Waals surface area contributed by atoms with Crippen LogP contribution in [-0.2, 0) is 0 Å². The number of hydrogen-bond acceptors (Lipinski definition) is 5. The quantitative estimate of drug-likeness (QED) is 0.175. The zero-order valence-corrected chi connectivity index (χ0v) is 28.5. The Morgan fingerprint density at radius 3 is 1.91 bits per heavy atom. The maximum absolute atomic E-state index is 6.29. The molecule has 0 unspecified atom stereocenters. The number of furan rings is 1. The van der Waals surface area contributed by atoms with Crippen LogP contribution in [-0.4, -0.2) is 19.9 Å². The average molecular weight is 679 g/mol. The van der Waals surface area contributed by atoms with Crippen molar-refractivity contribution in [1.82, 2.24) is 19.9 Å². The summed E-state index contributed by atoms with van der Waals surface area (Å²) in [6.45, 7) is 0. The fourth-order valence-electron chi connectivity index (χ4n) is 7.19. The molecule has 5 heteroatoms. The molecular weight excluding hydrogens is 649 g/mol. The van der Waals surface area contributed by atoms with Crippen LogP contribution in [0.3, 0.4) is 0 Å². The van der Waals surface area contributed by atoms with Gasteiger partial charge in [0.25, 0.3) is 0 Å². The molecule has 4 heterocycles. The normalized spacial score (nSPS) is 11.4. The number of para-hydroxylation sites is 1. The molecule has 53 heavy (non-hydrogen) atoms. The van der Waals surface area contributed by atoms with Crippen molar-refractivity contribution in [2.75, 3.05) is 0 Å². The molecule has 0 aliphatic heterocycles. The van der Waals surface area contributed by atoms with Crippen LogP contribution >= 0.6 is 0 Å². The minimum Gasteiger partial charge on any atom is -0.456 e. The second-order valence-corrected chi connectivity index (χ2v) is 13.1. The number of benzene rings is 6. The molecule has 0 saturated heterocycles. The first-order chi connectivity index (χ1) is 26.2. The first kappa shape index (κ1) is 30.6. The van der Waals surface area contributed by atoms with E-state index in [-0.39, 0.29) is 0 Å². The summed E-state index contributed by atoms with van der Waals surface area (Å²) in [6, 6.07) is 56.6. The van der Waals surface area contributed by atoms with Crippen LogP contribution in [0.15, 0.2) is 187 Å². The van der Waals surface area contributed by atoms with Crippen molar-refractivity contribution in [3.8, 4) is 67.3 Å². The third-order valence-corrected chi connectivity index (χ3v) is 9.83. The Bertz CT molecular complexity index is 2930. The average Bonchev–Trinajstić information content (AvgIpc) is 3.62. The number of pyridine rings is 2. The molecule has 0 bridgehead atoms. The summed E-state index contributed by atoms with van der Waals surface area (Å²) in [4.78, 5) is 19.3. The Morgan fingerprint density at radius 1 is 0.377 bits per heavy atom. The second-order valence-electron chi connectivity index (χ2n) is 13.1. The lowest BCUT2D eigenvalue weighted by molar-refractivity contribution is 0.669. The molecule has 248 valence electrons. The Morgan fingerprint density at radius 2 is 1.06 bits per heavy atom. The number of aromatic nitrogens is 4. The molecule has 0 radical (unpaired) electrons. The van der Waals surface area contributed by atoms with Gasteiger partial charge >= 0.3 is 0 Å². The van der Waals surface area contributed by atoms with E-state index in [9.17, 15) is 0 Å². The first-order valence-electron chi connectivity index (χ1n) is 17.6. The van der Waals surface area contributed by atoms with Crippen molar-refractivity contribution in [2.24, 2.45) is 0 Å². The van der Waals surface area contributed by atoms with Crippen molar-refractivity contribution in [3.05, 3.63) is 182 Å². The number of fused-ring (bicyclic) bond motifs is 4. The lowest BCUT2D eigenvalue weighted by Gasteiger charge is -2.14. The second kappa shape index (κ2) is 12.8. The standard InChI is InChI=1S/C48H30N4O/c1-2-9-33(10-3-1)48-51-44(34-21-22-42-41-12-4-5-16-46(41)53-47(42)28-34)29-45(52-48)38-26-36(32-19-17-31(18-20-32)35-11-7-23-49-30-35)25-37(27-38)39-13-6-15-43-40(39)14-8-24-50-43/h1-30H. The van der Waals surface area contributed by atoms with Gasteiger partial charge in [-0.05, 0) is 94.0 Å². The predicted molar refractivity (Wildman–Crippen MR) is 215 cm³/mol. The van der Waals surface area contributed by atoms with Gasteiger partial charge in [0.2, 0.25) is 0 Å². The number of nitrogens with zero attached hydrogens (tertiary/aromatic N) is 4. The van der Waals surface area contributed by atoms with Gasteiger partial charge in [-0.1, -0.05) is 103 Å². The van der Waals surface area contributed by atoms with Crippen molar-refractivity contribution in [2.45, 2.75) is 0 Å². The number of rotatable bonds is 6. The van der Waals surface area contributed by atoms with E-state index in [1.807, 2.05) is 60.9 Å². The summed E-state index contributed by atoms with van der Waals surface area (Å²) in [5.41, 5.74) is 13.8. The van der Waals surface area contributed by atoms with Gasteiger partial charge in [0.15, 0.2) is 5.82 Å². The van der Waals surface area contributed by atoms with Crippen molar-refractivity contribution < 1.29 is 4.42 Å². The highest BCUT2D eigenvalue weighted by Crippen LogP contribution is 2.38. The largest absolute Gasteiger partial charge is 0.456 e. The van der Waals surface area contributed by atoms with Gasteiger partial charge in [-0.25, -0.2) is 9.97 Å². The topological polar surface area (TPSA) is 64.7 Å². The zero-order chi connectivity index (χ0) is 35.1. The Balaban J connectivity index is 1.17.